The smallest absolute Gasteiger partial charge is 0.416 e. The van der Waals surface area contributed by atoms with Gasteiger partial charge < -0.3 is 14.4 Å². The van der Waals surface area contributed by atoms with Gasteiger partial charge in [-0.3, -0.25) is 4.79 Å². The highest BCUT2D eigenvalue weighted by Gasteiger charge is 2.50. The zero-order chi connectivity index (χ0) is 24.0. The molecule has 4 rings (SSSR count). The van der Waals surface area contributed by atoms with Gasteiger partial charge in [0, 0.05) is 55.5 Å². The molecule has 1 unspecified atom stereocenters. The number of likely N-dealkylation sites (tertiary alicyclic amines) is 1. The van der Waals surface area contributed by atoms with E-state index in [2.05, 4.69) is 18.7 Å². The Balaban J connectivity index is 1.46. The zero-order valence-electron chi connectivity index (χ0n) is 19.3. The number of Topliss-reactive ketones (excluding diaryl/α,β-unsaturated/α-hetero) is 1. The second-order valence-electron chi connectivity index (χ2n) is 9.68. The minimum absolute atomic E-state index is 0.119. The predicted molar refractivity (Wildman–Crippen MR) is 116 cm³/mol. The van der Waals surface area contributed by atoms with Crippen LogP contribution in [0.4, 0.5) is 13.2 Å². The summed E-state index contributed by atoms with van der Waals surface area (Å²) in [5.41, 5.74) is -0.189. The number of benzene rings is 1. The van der Waals surface area contributed by atoms with Gasteiger partial charge in [0.2, 0.25) is 0 Å². The number of alkyl halides is 3. The summed E-state index contributed by atoms with van der Waals surface area (Å²) in [4.78, 5) is 28.2. The Kier molecular flexibility index (Phi) is 6.33. The first-order valence-electron chi connectivity index (χ1n) is 11.5. The molecule has 0 bridgehead atoms. The quantitative estimate of drug-likeness (QED) is 0.603. The summed E-state index contributed by atoms with van der Waals surface area (Å²) in [6.07, 6.45) is -2.12. The maximum Gasteiger partial charge on any atom is 0.416 e. The molecular weight excluding hydrogens is 435 g/mol. The molecule has 1 aromatic carbocycles. The molecule has 0 saturated carbocycles. The van der Waals surface area contributed by atoms with Crippen molar-refractivity contribution in [1.29, 1.82) is 0 Å². The molecule has 180 valence electrons. The molecule has 1 saturated heterocycles. The standard InChI is InChI=1S/C25H30F3NO4/c1-15(2)29-10-8-24(9-11-29)22(16(3)23(31)33-24)20(30)12-17-4-5-18-13-19(25(26,27)28)6-7-21(18)32-14-17/h6-7,13,15,17H,4-5,8-12,14H2,1-3H3. The van der Waals surface area contributed by atoms with Gasteiger partial charge in [0.05, 0.1) is 12.2 Å². The van der Waals surface area contributed by atoms with Crippen LogP contribution in [-0.4, -0.2) is 48.0 Å². The van der Waals surface area contributed by atoms with Crippen LogP contribution in [-0.2, 0) is 26.9 Å². The summed E-state index contributed by atoms with van der Waals surface area (Å²) in [6.45, 7) is 7.63. The number of nitrogens with zero attached hydrogens (tertiary/aromatic N) is 1. The molecule has 0 aromatic heterocycles. The molecule has 3 aliphatic rings. The average Bonchev–Trinajstić information content (AvgIpc) is 2.88. The van der Waals surface area contributed by atoms with E-state index < -0.39 is 23.3 Å². The van der Waals surface area contributed by atoms with Crippen LogP contribution in [0.3, 0.4) is 0 Å². The number of carbonyl (C=O) groups is 2. The fourth-order valence-corrected chi connectivity index (χ4v) is 5.23. The SMILES string of the molecule is CC1=C(C(=O)CC2CCc3cc(C(F)(F)F)ccc3OC2)C2(CCN(C(C)C)CC2)OC1=O. The molecular formula is C25H30F3NO4. The molecule has 0 amide bonds. The fraction of sp³-hybridized carbons (Fsp3) is 0.600. The van der Waals surface area contributed by atoms with Crippen molar-refractivity contribution in [2.24, 2.45) is 5.92 Å². The number of halogens is 3. The number of ketones is 1. The van der Waals surface area contributed by atoms with Crippen LogP contribution in [0.5, 0.6) is 5.75 Å². The molecule has 8 heteroatoms. The van der Waals surface area contributed by atoms with Crippen LogP contribution in [0.15, 0.2) is 29.3 Å². The van der Waals surface area contributed by atoms with Gasteiger partial charge in [-0.25, -0.2) is 4.79 Å². The molecule has 1 spiro atoms. The number of carbonyl (C=O) groups excluding carboxylic acids is 2. The summed E-state index contributed by atoms with van der Waals surface area (Å²) in [6, 6.07) is 3.89. The predicted octanol–water partition coefficient (Wildman–Crippen LogP) is 4.72. The van der Waals surface area contributed by atoms with Crippen molar-refractivity contribution in [3.05, 3.63) is 40.5 Å². The largest absolute Gasteiger partial charge is 0.493 e. The molecule has 1 fully saturated rings. The number of piperidine rings is 1. The van der Waals surface area contributed by atoms with Gasteiger partial charge in [0.25, 0.3) is 0 Å². The van der Waals surface area contributed by atoms with E-state index >= 15 is 0 Å². The topological polar surface area (TPSA) is 55.8 Å². The Morgan fingerprint density at radius 1 is 1.24 bits per heavy atom. The number of aryl methyl sites for hydroxylation is 1. The van der Waals surface area contributed by atoms with E-state index in [1.54, 1.807) is 6.92 Å². The maximum absolute atomic E-state index is 13.4. The third kappa shape index (κ3) is 4.67. The number of rotatable bonds is 4. The van der Waals surface area contributed by atoms with Crippen molar-refractivity contribution in [2.45, 2.75) is 70.7 Å². The maximum atomic E-state index is 13.4. The average molecular weight is 466 g/mol. The Hall–Kier alpha value is -2.35. The number of hydrogen-bond acceptors (Lipinski definition) is 5. The summed E-state index contributed by atoms with van der Waals surface area (Å²) < 4.78 is 50.7. The Labute approximate surface area is 191 Å². The van der Waals surface area contributed by atoms with Crippen molar-refractivity contribution in [2.75, 3.05) is 19.7 Å². The summed E-state index contributed by atoms with van der Waals surface area (Å²) >= 11 is 0. The van der Waals surface area contributed by atoms with E-state index in [4.69, 9.17) is 9.47 Å². The summed E-state index contributed by atoms with van der Waals surface area (Å²) in [5, 5.41) is 0. The molecule has 3 aliphatic heterocycles. The van der Waals surface area contributed by atoms with Crippen LogP contribution in [0.25, 0.3) is 0 Å². The lowest BCUT2D eigenvalue weighted by atomic mass is 9.79. The Morgan fingerprint density at radius 3 is 2.58 bits per heavy atom. The highest BCUT2D eigenvalue weighted by Crippen LogP contribution is 2.43. The van der Waals surface area contributed by atoms with Crippen molar-refractivity contribution < 1.29 is 32.2 Å². The highest BCUT2D eigenvalue weighted by atomic mass is 19.4. The second-order valence-corrected chi connectivity index (χ2v) is 9.68. The van der Waals surface area contributed by atoms with Gasteiger partial charge >= 0.3 is 12.1 Å². The van der Waals surface area contributed by atoms with E-state index in [9.17, 15) is 22.8 Å². The third-order valence-corrected chi connectivity index (χ3v) is 7.20. The molecule has 0 radical (unpaired) electrons. The first kappa shape index (κ1) is 23.8. The van der Waals surface area contributed by atoms with E-state index in [1.807, 2.05) is 0 Å². The molecule has 5 nitrogen and oxygen atoms in total. The lowest BCUT2D eigenvalue weighted by Gasteiger charge is -2.41. The van der Waals surface area contributed by atoms with Crippen LogP contribution in [0, 0.1) is 5.92 Å². The lowest BCUT2D eigenvalue weighted by molar-refractivity contribution is -0.151. The van der Waals surface area contributed by atoms with Crippen molar-refractivity contribution in [3.63, 3.8) is 0 Å². The zero-order valence-corrected chi connectivity index (χ0v) is 19.3. The molecule has 33 heavy (non-hydrogen) atoms. The monoisotopic (exact) mass is 465 g/mol. The molecule has 3 heterocycles. The lowest BCUT2D eigenvalue weighted by Crippen LogP contribution is -2.49. The van der Waals surface area contributed by atoms with Crippen molar-refractivity contribution in [3.8, 4) is 5.75 Å². The molecule has 0 N–H and O–H groups in total. The first-order chi connectivity index (χ1) is 15.5. The van der Waals surface area contributed by atoms with E-state index in [0.29, 0.717) is 54.2 Å². The Bertz CT molecular complexity index is 974. The minimum atomic E-state index is -4.41. The van der Waals surface area contributed by atoms with E-state index in [0.717, 1.165) is 25.2 Å². The molecule has 1 aromatic rings. The minimum Gasteiger partial charge on any atom is -0.493 e. The van der Waals surface area contributed by atoms with Crippen LogP contribution in [0.1, 0.15) is 57.6 Å². The fourth-order valence-electron chi connectivity index (χ4n) is 5.23. The van der Waals surface area contributed by atoms with Gasteiger partial charge in [-0.15, -0.1) is 0 Å². The number of ether oxygens (including phenoxy) is 2. The Morgan fingerprint density at radius 2 is 1.94 bits per heavy atom. The normalized spacial score (nSPS) is 23.4. The van der Waals surface area contributed by atoms with Gasteiger partial charge in [0.1, 0.15) is 11.4 Å². The number of fused-ring (bicyclic) bond motifs is 1. The summed E-state index contributed by atoms with van der Waals surface area (Å²) in [7, 11) is 0. The van der Waals surface area contributed by atoms with Gasteiger partial charge in [-0.2, -0.15) is 13.2 Å². The van der Waals surface area contributed by atoms with Gasteiger partial charge in [-0.1, -0.05) is 0 Å². The van der Waals surface area contributed by atoms with E-state index in [-0.39, 0.29) is 24.7 Å². The van der Waals surface area contributed by atoms with Crippen molar-refractivity contribution >= 4 is 11.8 Å². The first-order valence-corrected chi connectivity index (χ1v) is 11.5. The van der Waals surface area contributed by atoms with Gasteiger partial charge in [-0.05, 0) is 57.4 Å². The number of hydrogen-bond donors (Lipinski definition) is 0. The molecule has 1 atom stereocenters. The van der Waals surface area contributed by atoms with Crippen LogP contribution in [0.2, 0.25) is 0 Å². The highest BCUT2D eigenvalue weighted by molar-refractivity contribution is 6.08. The van der Waals surface area contributed by atoms with Crippen LogP contribution >= 0.6 is 0 Å². The molecule has 0 aliphatic carbocycles. The van der Waals surface area contributed by atoms with E-state index in [1.165, 1.54) is 6.07 Å². The second kappa shape index (κ2) is 8.78. The third-order valence-electron chi connectivity index (χ3n) is 7.20. The summed E-state index contributed by atoms with van der Waals surface area (Å²) in [5.74, 6) is -0.263. The van der Waals surface area contributed by atoms with Crippen LogP contribution < -0.4 is 4.74 Å². The van der Waals surface area contributed by atoms with Crippen molar-refractivity contribution in [1.82, 2.24) is 4.90 Å². The van der Waals surface area contributed by atoms with Gasteiger partial charge in [0.15, 0.2) is 5.78 Å². The number of esters is 1.